The third-order valence-corrected chi connectivity index (χ3v) is 3.82. The predicted molar refractivity (Wildman–Crippen MR) is 81.3 cm³/mol. The lowest BCUT2D eigenvalue weighted by atomic mass is 10.2. The van der Waals surface area contributed by atoms with Crippen molar-refractivity contribution in [2.24, 2.45) is 0 Å². The Morgan fingerprint density at radius 1 is 1.30 bits per heavy atom. The number of aryl methyl sites for hydroxylation is 1. The topological polar surface area (TPSA) is 55.1 Å². The first-order chi connectivity index (χ1) is 9.56. The molecule has 2 aromatic rings. The van der Waals surface area contributed by atoms with E-state index in [0.717, 1.165) is 10.5 Å². The van der Waals surface area contributed by atoms with Crippen LogP contribution in [0.5, 0.6) is 0 Å². The fourth-order valence-electron chi connectivity index (χ4n) is 1.69. The van der Waals surface area contributed by atoms with Gasteiger partial charge in [0.15, 0.2) is 0 Å². The lowest BCUT2D eigenvalue weighted by Crippen LogP contribution is -2.14. The molecule has 0 bridgehead atoms. The number of hydrogen-bond donors (Lipinski definition) is 2. The van der Waals surface area contributed by atoms with Crippen molar-refractivity contribution < 1.29 is 9.18 Å². The molecule has 0 saturated carbocycles. The van der Waals surface area contributed by atoms with Crippen LogP contribution in [-0.4, -0.2) is 11.7 Å². The van der Waals surface area contributed by atoms with Crippen LogP contribution in [-0.2, 0) is 4.79 Å². The summed E-state index contributed by atoms with van der Waals surface area (Å²) in [7, 11) is 0. The number of hydrogen-bond acceptors (Lipinski definition) is 3. The Bertz CT molecular complexity index is 631. The van der Waals surface area contributed by atoms with Crippen molar-refractivity contribution in [3.8, 4) is 0 Å². The lowest BCUT2D eigenvalue weighted by Gasteiger charge is -2.08. The minimum atomic E-state index is -0.376. The zero-order valence-corrected chi connectivity index (χ0v) is 11.8. The summed E-state index contributed by atoms with van der Waals surface area (Å²) >= 11 is 1.36. The summed E-state index contributed by atoms with van der Waals surface area (Å²) in [6.07, 6.45) is 0. The Labute approximate surface area is 121 Å². The maximum absolute atomic E-state index is 13.0. The van der Waals surface area contributed by atoms with Gasteiger partial charge in [0.05, 0.1) is 5.75 Å². The van der Waals surface area contributed by atoms with Crippen molar-refractivity contribution in [1.29, 1.82) is 0 Å². The van der Waals surface area contributed by atoms with E-state index in [1.54, 1.807) is 12.1 Å². The average molecular weight is 290 g/mol. The van der Waals surface area contributed by atoms with E-state index >= 15 is 0 Å². The van der Waals surface area contributed by atoms with E-state index in [-0.39, 0.29) is 17.5 Å². The smallest absolute Gasteiger partial charge is 0.234 e. The van der Waals surface area contributed by atoms with Gasteiger partial charge >= 0.3 is 0 Å². The van der Waals surface area contributed by atoms with Crippen LogP contribution in [0.1, 0.15) is 5.56 Å². The molecule has 0 aliphatic carbocycles. The quantitative estimate of drug-likeness (QED) is 0.670. The first kappa shape index (κ1) is 14.4. The molecule has 0 aliphatic heterocycles. The zero-order chi connectivity index (χ0) is 14.5. The first-order valence-electron chi connectivity index (χ1n) is 6.09. The van der Waals surface area contributed by atoms with Gasteiger partial charge in [0.1, 0.15) is 5.82 Å². The number of para-hydroxylation sites is 1. The van der Waals surface area contributed by atoms with Crippen molar-refractivity contribution in [3.63, 3.8) is 0 Å². The normalized spacial score (nSPS) is 10.3. The number of carbonyl (C=O) groups is 1. The molecular formula is C15H15FN2OS. The minimum Gasteiger partial charge on any atom is -0.398 e. The van der Waals surface area contributed by atoms with Crippen LogP contribution in [0.15, 0.2) is 47.4 Å². The molecule has 0 aromatic heterocycles. The summed E-state index contributed by atoms with van der Waals surface area (Å²) in [5.74, 6) is -0.343. The lowest BCUT2D eigenvalue weighted by molar-refractivity contribution is -0.113. The van der Waals surface area contributed by atoms with Gasteiger partial charge in [0, 0.05) is 16.3 Å². The molecule has 104 valence electrons. The Hall–Kier alpha value is -2.01. The highest BCUT2D eigenvalue weighted by Crippen LogP contribution is 2.27. The number of anilines is 2. The van der Waals surface area contributed by atoms with Gasteiger partial charge in [-0.25, -0.2) is 4.39 Å². The molecule has 20 heavy (non-hydrogen) atoms. The van der Waals surface area contributed by atoms with Crippen LogP contribution in [0.25, 0.3) is 0 Å². The Balaban J connectivity index is 1.94. The van der Waals surface area contributed by atoms with E-state index in [4.69, 9.17) is 5.73 Å². The molecule has 3 N–H and O–H groups in total. The summed E-state index contributed by atoms with van der Waals surface area (Å²) < 4.78 is 13.0. The largest absolute Gasteiger partial charge is 0.398 e. The summed E-state index contributed by atoms with van der Waals surface area (Å²) in [4.78, 5) is 12.7. The van der Waals surface area contributed by atoms with E-state index in [2.05, 4.69) is 5.32 Å². The van der Waals surface area contributed by atoms with Crippen molar-refractivity contribution >= 4 is 29.0 Å². The highest BCUT2D eigenvalue weighted by Gasteiger charge is 2.07. The molecule has 5 heteroatoms. The summed E-state index contributed by atoms with van der Waals surface area (Å²) in [6.45, 7) is 1.92. The van der Waals surface area contributed by atoms with Crippen molar-refractivity contribution in [1.82, 2.24) is 0 Å². The number of thioether (sulfide) groups is 1. The number of nitrogen functional groups attached to an aromatic ring is 1. The minimum absolute atomic E-state index is 0.193. The van der Waals surface area contributed by atoms with E-state index < -0.39 is 0 Å². The average Bonchev–Trinajstić information content (AvgIpc) is 2.40. The van der Waals surface area contributed by atoms with Gasteiger partial charge in [0.2, 0.25) is 5.91 Å². The standard InChI is InChI=1S/C15H15FN2OS/c1-10-4-2-7-13(15(10)17)20-9-14(19)18-12-6-3-5-11(16)8-12/h2-8H,9,17H2,1H3,(H,18,19). The number of halogens is 1. The van der Waals surface area contributed by atoms with E-state index in [1.807, 2.05) is 25.1 Å². The van der Waals surface area contributed by atoms with Gasteiger partial charge in [-0.15, -0.1) is 11.8 Å². The number of amides is 1. The Morgan fingerprint density at radius 2 is 2.05 bits per heavy atom. The number of rotatable bonds is 4. The van der Waals surface area contributed by atoms with Gasteiger partial charge in [-0.2, -0.15) is 0 Å². The second kappa shape index (κ2) is 6.43. The van der Waals surface area contributed by atoms with Gasteiger partial charge in [0.25, 0.3) is 0 Å². The van der Waals surface area contributed by atoms with Gasteiger partial charge in [-0.1, -0.05) is 18.2 Å². The molecule has 0 aliphatic rings. The molecule has 0 unspecified atom stereocenters. The first-order valence-corrected chi connectivity index (χ1v) is 7.08. The number of nitrogens with two attached hydrogens (primary N) is 1. The summed E-state index contributed by atoms with van der Waals surface area (Å²) in [5, 5.41) is 2.65. The second-order valence-electron chi connectivity index (χ2n) is 4.33. The van der Waals surface area contributed by atoms with Crippen LogP contribution < -0.4 is 11.1 Å². The van der Waals surface area contributed by atoms with Crippen LogP contribution in [0.2, 0.25) is 0 Å². The zero-order valence-electron chi connectivity index (χ0n) is 11.0. The molecule has 0 radical (unpaired) electrons. The number of carbonyl (C=O) groups excluding carboxylic acids is 1. The van der Waals surface area contributed by atoms with Crippen LogP contribution in [0, 0.1) is 12.7 Å². The molecule has 0 atom stereocenters. The van der Waals surface area contributed by atoms with Crippen molar-refractivity contribution in [2.45, 2.75) is 11.8 Å². The summed E-state index contributed by atoms with van der Waals surface area (Å²) in [5.41, 5.74) is 8.07. The maximum Gasteiger partial charge on any atom is 0.234 e. The molecule has 3 nitrogen and oxygen atoms in total. The van der Waals surface area contributed by atoms with Crippen molar-refractivity contribution in [2.75, 3.05) is 16.8 Å². The molecular weight excluding hydrogens is 275 g/mol. The van der Waals surface area contributed by atoms with E-state index in [0.29, 0.717) is 11.4 Å². The predicted octanol–water partition coefficient (Wildman–Crippen LogP) is 3.45. The van der Waals surface area contributed by atoms with Gasteiger partial charge in [-0.05, 0) is 36.8 Å². The highest BCUT2D eigenvalue weighted by molar-refractivity contribution is 8.00. The van der Waals surface area contributed by atoms with Gasteiger partial charge < -0.3 is 11.1 Å². The van der Waals surface area contributed by atoms with Crippen molar-refractivity contribution in [3.05, 3.63) is 53.8 Å². The molecule has 0 spiro atoms. The van der Waals surface area contributed by atoms with E-state index in [9.17, 15) is 9.18 Å². The molecule has 2 rings (SSSR count). The van der Waals surface area contributed by atoms with Gasteiger partial charge in [-0.3, -0.25) is 4.79 Å². The third kappa shape index (κ3) is 3.74. The summed E-state index contributed by atoms with van der Waals surface area (Å²) in [6, 6.07) is 11.5. The number of nitrogens with one attached hydrogen (secondary N) is 1. The van der Waals surface area contributed by atoms with Crippen LogP contribution in [0.3, 0.4) is 0 Å². The molecule has 0 fully saturated rings. The second-order valence-corrected chi connectivity index (χ2v) is 5.35. The third-order valence-electron chi connectivity index (χ3n) is 2.75. The van der Waals surface area contributed by atoms with Crippen LogP contribution in [0.4, 0.5) is 15.8 Å². The molecule has 0 heterocycles. The highest BCUT2D eigenvalue weighted by atomic mass is 32.2. The fraction of sp³-hybridized carbons (Fsp3) is 0.133. The fourth-order valence-corrected chi connectivity index (χ4v) is 2.54. The Kier molecular flexibility index (Phi) is 4.63. The molecule has 0 saturated heterocycles. The maximum atomic E-state index is 13.0. The molecule has 1 amide bonds. The Morgan fingerprint density at radius 3 is 2.80 bits per heavy atom. The SMILES string of the molecule is Cc1cccc(SCC(=O)Nc2cccc(F)c2)c1N. The molecule has 2 aromatic carbocycles. The van der Waals surface area contributed by atoms with E-state index in [1.165, 1.54) is 23.9 Å². The van der Waals surface area contributed by atoms with Crippen LogP contribution >= 0.6 is 11.8 Å². The number of benzene rings is 2. The monoisotopic (exact) mass is 290 g/mol.